The lowest BCUT2D eigenvalue weighted by Crippen LogP contribution is -2.01. The van der Waals surface area contributed by atoms with E-state index in [1.807, 2.05) is 206 Å². The Balaban J connectivity index is 0.000000162. The fourth-order valence-electron chi connectivity index (χ4n) is 12.7. The fraction of sp³-hybridized carbons (Fsp3) is 0.0741. The van der Waals surface area contributed by atoms with Crippen LogP contribution in [-0.4, -0.2) is 116 Å². The second-order valence-electron chi connectivity index (χ2n) is 28.5. The minimum Gasteiger partial charge on any atom is -0.497 e. The SMILES string of the molecule is COc1cc(C(=O)/C=C/c2cccnc2Nc2ccccc2)cc(OC)c1OC.COc1ccc(C(=O)/C=C/c2cccnc2Nc2ccccc2)cc1.COc1ccc(C(=O)/C=C/c2cccnc2Nc2ccccc2)cc1N.COc1ccc(C(=O)/C=C/c2cccnc2Nc2ccccc2)cc1OC.COc1ccc(C(=O)/C=C/c2cccnc2Nc2ccccc2)cc1[N+](=O)[O-]. The monoisotopic (exact) mass is 1800 g/mol. The van der Waals surface area contributed by atoms with Crippen LogP contribution in [0.2, 0.25) is 0 Å². The molecule has 0 radical (unpaired) electrons. The van der Waals surface area contributed by atoms with Crippen LogP contribution >= 0.6 is 0 Å². The van der Waals surface area contributed by atoms with E-state index in [2.05, 4.69) is 51.5 Å². The highest BCUT2D eigenvalue weighted by Gasteiger charge is 2.20. The lowest BCUT2D eigenvalue weighted by molar-refractivity contribution is -0.385. The molecule has 27 heteroatoms. The van der Waals surface area contributed by atoms with Crippen LogP contribution in [0, 0.1) is 10.1 Å². The van der Waals surface area contributed by atoms with Crippen LogP contribution in [0.4, 0.5) is 68.9 Å². The van der Waals surface area contributed by atoms with E-state index in [4.69, 9.17) is 43.6 Å². The summed E-state index contributed by atoms with van der Waals surface area (Å²) in [6.45, 7) is 0. The zero-order valence-corrected chi connectivity index (χ0v) is 74.9. The number of benzene rings is 10. The number of carbonyl (C=O) groups is 5. The van der Waals surface area contributed by atoms with Crippen molar-refractivity contribution in [2.24, 2.45) is 0 Å². The molecule has 0 saturated heterocycles. The summed E-state index contributed by atoms with van der Waals surface area (Å²) in [7, 11) is 12.1. The van der Waals surface area contributed by atoms with E-state index in [0.717, 1.165) is 56.4 Å². The molecule has 0 fully saturated rings. The highest BCUT2D eigenvalue weighted by molar-refractivity contribution is 6.11. The average molecular weight is 1800 g/mol. The Morgan fingerprint density at radius 2 is 0.541 bits per heavy atom. The van der Waals surface area contributed by atoms with Crippen molar-refractivity contribution in [3.8, 4) is 46.0 Å². The van der Waals surface area contributed by atoms with Gasteiger partial charge in [-0.05, 0) is 267 Å². The number of anilines is 11. The Bertz CT molecular complexity index is 6640. The number of nitro benzene ring substituents is 1. The summed E-state index contributed by atoms with van der Waals surface area (Å²) in [5.41, 5.74) is 16.8. The molecule has 15 rings (SSSR count). The van der Waals surface area contributed by atoms with Crippen molar-refractivity contribution in [3.63, 3.8) is 0 Å². The number of nitro groups is 1. The van der Waals surface area contributed by atoms with E-state index in [1.165, 1.54) is 78.1 Å². The molecule has 0 aliphatic rings. The highest BCUT2D eigenvalue weighted by Crippen LogP contribution is 2.39. The first-order chi connectivity index (χ1) is 65.9. The number of allylic oxidation sites excluding steroid dienone is 5. The first-order valence-corrected chi connectivity index (χ1v) is 41.8. The molecule has 0 aliphatic carbocycles. The lowest BCUT2D eigenvalue weighted by atomic mass is 10.1. The smallest absolute Gasteiger partial charge is 0.311 e. The quantitative estimate of drug-likeness (QED) is 0.00717. The Morgan fingerprint density at radius 1 is 0.274 bits per heavy atom. The summed E-state index contributed by atoms with van der Waals surface area (Å²) in [4.78, 5) is 94.8. The molecule has 0 saturated carbocycles. The summed E-state index contributed by atoms with van der Waals surface area (Å²) in [5, 5.41) is 27.4. The molecule has 27 nitrogen and oxygen atoms in total. The van der Waals surface area contributed by atoms with Crippen molar-refractivity contribution >= 4 is 128 Å². The number of nitrogens with zero attached hydrogens (tertiary/aromatic N) is 6. The lowest BCUT2D eigenvalue weighted by Gasteiger charge is -2.13. The van der Waals surface area contributed by atoms with E-state index in [0.29, 0.717) is 97.1 Å². The van der Waals surface area contributed by atoms with Crippen molar-refractivity contribution in [2.45, 2.75) is 0 Å². The number of pyridine rings is 5. The van der Waals surface area contributed by atoms with Crippen LogP contribution in [0.3, 0.4) is 0 Å². The zero-order valence-electron chi connectivity index (χ0n) is 74.9. The van der Waals surface area contributed by atoms with Crippen LogP contribution in [0.15, 0.2) is 365 Å². The van der Waals surface area contributed by atoms with E-state index in [-0.39, 0.29) is 45.9 Å². The molecule has 0 atom stereocenters. The number of nitrogen functional groups attached to an aromatic ring is 1. The van der Waals surface area contributed by atoms with Gasteiger partial charge in [-0.1, -0.05) is 91.0 Å². The normalized spacial score (nSPS) is 10.6. The molecule has 0 aliphatic heterocycles. The maximum absolute atomic E-state index is 12.7. The molecule has 7 N–H and O–H groups in total. The third kappa shape index (κ3) is 29.1. The number of para-hydroxylation sites is 5. The third-order valence-electron chi connectivity index (χ3n) is 19.6. The maximum atomic E-state index is 12.7. The van der Waals surface area contributed by atoms with Gasteiger partial charge in [0.05, 0.1) is 67.5 Å². The van der Waals surface area contributed by atoms with Gasteiger partial charge >= 0.3 is 5.69 Å². The summed E-state index contributed by atoms with van der Waals surface area (Å²) >= 11 is 0. The maximum Gasteiger partial charge on any atom is 0.311 e. The van der Waals surface area contributed by atoms with Crippen LogP contribution in [0.1, 0.15) is 79.6 Å². The van der Waals surface area contributed by atoms with Gasteiger partial charge < -0.3 is 70.2 Å². The minimum atomic E-state index is -0.581. The second-order valence-corrected chi connectivity index (χ2v) is 28.5. The van der Waals surface area contributed by atoms with Crippen LogP contribution in [0.25, 0.3) is 30.4 Å². The minimum absolute atomic E-state index is 0.0721. The van der Waals surface area contributed by atoms with Gasteiger partial charge in [0, 0.05) is 121 Å². The highest BCUT2D eigenvalue weighted by atomic mass is 16.6. The van der Waals surface area contributed by atoms with Gasteiger partial charge in [0.25, 0.3) is 0 Å². The number of methoxy groups -OCH3 is 8. The fourth-order valence-corrected chi connectivity index (χ4v) is 12.7. The number of carbonyl (C=O) groups excluding carboxylic acids is 5. The Morgan fingerprint density at radius 3 is 0.830 bits per heavy atom. The summed E-state index contributed by atoms with van der Waals surface area (Å²) in [6, 6.07) is 91.5. The number of nitrogens with two attached hydrogens (primary N) is 1. The molecule has 0 amide bonds. The standard InChI is InChI=1S/C23H22N2O4.C22H20N2O3.C21H17N3O4.C21H19N3O2.C21H18N2O2/c1-27-20-14-17(15-21(28-2)22(20)29-3)19(26)12-11-16-8-7-13-24-23(16)25-18-9-5-4-6-10-18;1-26-20-13-11-17(15-21(20)27-2)19(25)12-10-16-7-6-14-23-22(16)24-18-8-4-3-5-9-18;1-28-20-12-10-16(14-18(20)24(26)27)19(25)11-9-15-6-5-13-22-21(15)23-17-7-3-2-4-8-17;1-26-20-12-10-16(14-18(20)22)19(25)11-9-15-6-5-13-23-21(15)24-17-7-3-2-4-8-17;1-25-19-12-9-16(10-13-19)20(24)14-11-17-6-5-15-22-21(17)23-18-7-3-2-4-8-18/h4-15H,1-3H3,(H,24,25);3-15H,1-2H3,(H,23,24);2-14H,1H3,(H,22,23);2-14H,22H2,1H3,(H,23,24);2-15H,1H3,(H,22,23)/b12-11+;12-10+;2*11-9+;14-11+. The zero-order chi connectivity index (χ0) is 95.5. The number of ether oxygens (including phenoxy) is 8. The van der Waals surface area contributed by atoms with Crippen molar-refractivity contribution in [1.29, 1.82) is 0 Å². The third-order valence-corrected chi connectivity index (χ3v) is 19.6. The topological polar surface area (TPSA) is 353 Å². The molecule has 678 valence electrons. The molecule has 10 aromatic carbocycles. The van der Waals surface area contributed by atoms with Crippen LogP contribution < -0.4 is 70.2 Å². The van der Waals surface area contributed by atoms with Crippen LogP contribution in [-0.2, 0) is 0 Å². The van der Waals surface area contributed by atoms with Crippen molar-refractivity contribution in [2.75, 3.05) is 89.2 Å². The van der Waals surface area contributed by atoms with Gasteiger partial charge in [0.1, 0.15) is 40.6 Å². The van der Waals surface area contributed by atoms with E-state index in [9.17, 15) is 34.1 Å². The van der Waals surface area contributed by atoms with E-state index < -0.39 is 4.92 Å². The van der Waals surface area contributed by atoms with Gasteiger partial charge in [-0.15, -0.1) is 0 Å². The number of nitrogens with one attached hydrogen (secondary N) is 5. The first-order valence-electron chi connectivity index (χ1n) is 41.8. The average Bonchev–Trinajstić information content (AvgIpc) is 0.817. The molecule has 0 spiro atoms. The number of aromatic nitrogens is 5. The number of ketones is 5. The van der Waals surface area contributed by atoms with Crippen molar-refractivity contribution in [1.82, 2.24) is 24.9 Å². The van der Waals surface area contributed by atoms with Gasteiger partial charge in [-0.3, -0.25) is 34.1 Å². The summed E-state index contributed by atoms with van der Waals surface area (Å²) in [5.74, 6) is 6.18. The van der Waals surface area contributed by atoms with E-state index >= 15 is 0 Å². The second kappa shape index (κ2) is 51.0. The molecule has 0 bridgehead atoms. The van der Waals surface area contributed by atoms with Gasteiger partial charge in [-0.25, -0.2) is 24.9 Å². The predicted octanol–water partition coefficient (Wildman–Crippen LogP) is 23.2. The predicted molar refractivity (Wildman–Crippen MR) is 532 cm³/mol. The van der Waals surface area contributed by atoms with Crippen molar-refractivity contribution < 1.29 is 66.8 Å². The molecule has 5 heterocycles. The molecule has 5 aromatic heterocycles. The van der Waals surface area contributed by atoms with Crippen molar-refractivity contribution in [3.05, 3.63) is 430 Å². The molecule has 135 heavy (non-hydrogen) atoms. The molecule has 0 unspecified atom stereocenters. The molecular weight excluding hydrogens is 1710 g/mol. The molecular formula is C108H96N12O15. The number of rotatable bonds is 34. The Labute approximate surface area is 781 Å². The van der Waals surface area contributed by atoms with Gasteiger partial charge in [0.2, 0.25) is 5.75 Å². The number of hydrogen-bond donors (Lipinski definition) is 6. The van der Waals surface area contributed by atoms with Crippen LogP contribution in [0.5, 0.6) is 46.0 Å². The summed E-state index contributed by atoms with van der Waals surface area (Å²) in [6.07, 6.45) is 24.5. The number of hydrogen-bond acceptors (Lipinski definition) is 26. The van der Waals surface area contributed by atoms with E-state index in [1.54, 1.807) is 168 Å². The van der Waals surface area contributed by atoms with Gasteiger partial charge in [-0.2, -0.15) is 0 Å². The largest absolute Gasteiger partial charge is 0.497 e. The van der Waals surface area contributed by atoms with Gasteiger partial charge in [0.15, 0.2) is 57.7 Å². The Hall–Kier alpha value is -18.4. The Kier molecular flexibility index (Phi) is 36.7. The molecule has 15 aromatic rings. The first kappa shape index (κ1) is 97.2. The summed E-state index contributed by atoms with van der Waals surface area (Å²) < 4.78 is 41.6.